The summed E-state index contributed by atoms with van der Waals surface area (Å²) in [4.78, 5) is 16.6. The van der Waals surface area contributed by atoms with E-state index in [-0.39, 0.29) is 0 Å². The van der Waals surface area contributed by atoms with Gasteiger partial charge in [-0.15, -0.1) is 0 Å². The lowest BCUT2D eigenvalue weighted by Gasteiger charge is -2.26. The smallest absolute Gasteiger partial charge is 0.402 e. The van der Waals surface area contributed by atoms with Crippen molar-refractivity contribution in [2.24, 2.45) is 12.8 Å². The van der Waals surface area contributed by atoms with Crippen LogP contribution in [-0.4, -0.2) is 31.8 Å². The molecule has 144 valence electrons. The third-order valence-corrected chi connectivity index (χ3v) is 5.00. The Morgan fingerprint density at radius 2 is 2.11 bits per heavy atom. The van der Waals surface area contributed by atoms with E-state index in [0.29, 0.717) is 6.10 Å². The molecule has 7 heteroatoms. The van der Waals surface area contributed by atoms with Crippen LogP contribution in [0.2, 0.25) is 0 Å². The van der Waals surface area contributed by atoms with Crippen LogP contribution in [-0.2, 0) is 7.05 Å². The van der Waals surface area contributed by atoms with E-state index in [1.54, 1.807) is 0 Å². The number of carboxylic acid groups (broad SMARTS) is 1. The lowest BCUT2D eigenvalue weighted by Crippen LogP contribution is -2.24. The molecule has 0 atom stereocenters. The van der Waals surface area contributed by atoms with Gasteiger partial charge >= 0.3 is 6.09 Å². The maximum Gasteiger partial charge on any atom is 0.402 e. The van der Waals surface area contributed by atoms with Crippen molar-refractivity contribution in [3.05, 3.63) is 48.8 Å². The largest absolute Gasteiger partial charge is 0.490 e. The first-order chi connectivity index (χ1) is 13.5. The average Bonchev–Trinajstić information content (AvgIpc) is 3.19. The van der Waals surface area contributed by atoms with Gasteiger partial charge in [-0.25, -0.2) is 9.78 Å². The van der Waals surface area contributed by atoms with Crippen LogP contribution >= 0.6 is 0 Å². The summed E-state index contributed by atoms with van der Waals surface area (Å²) in [5, 5.41) is 9.53. The molecule has 1 aliphatic rings. The number of fused-ring (bicyclic) bond motifs is 2. The fourth-order valence-electron chi connectivity index (χ4n) is 3.44. The maximum atomic E-state index is 8.78. The number of nitrogens with one attached hydrogen (secondary N) is 1. The van der Waals surface area contributed by atoms with Crippen LogP contribution in [0.1, 0.15) is 19.3 Å². The monoisotopic (exact) mass is 378 g/mol. The zero-order valence-corrected chi connectivity index (χ0v) is 15.6. The second kappa shape index (κ2) is 7.26. The Morgan fingerprint density at radius 3 is 2.79 bits per heavy atom. The number of ether oxygens (including phenoxy) is 1. The van der Waals surface area contributed by atoms with E-state index in [0.717, 1.165) is 22.5 Å². The summed E-state index contributed by atoms with van der Waals surface area (Å²) in [6.07, 6.45) is 6.68. The van der Waals surface area contributed by atoms with Gasteiger partial charge in [0.25, 0.3) is 0 Å². The highest BCUT2D eigenvalue weighted by Crippen LogP contribution is 2.34. The van der Waals surface area contributed by atoms with E-state index >= 15 is 0 Å². The highest BCUT2D eigenvalue weighted by atomic mass is 16.5. The Labute approximate surface area is 161 Å². The summed E-state index contributed by atoms with van der Waals surface area (Å²) in [6, 6.07) is 12.6. The number of primary amides is 1. The summed E-state index contributed by atoms with van der Waals surface area (Å²) in [5.41, 5.74) is 8.43. The van der Waals surface area contributed by atoms with Crippen LogP contribution in [0.15, 0.2) is 48.8 Å². The molecule has 28 heavy (non-hydrogen) atoms. The number of nitrogens with zero attached hydrogens (tertiary/aromatic N) is 2. The van der Waals surface area contributed by atoms with Gasteiger partial charge in [0.1, 0.15) is 11.4 Å². The van der Waals surface area contributed by atoms with Crippen molar-refractivity contribution in [3.8, 4) is 17.0 Å². The van der Waals surface area contributed by atoms with Gasteiger partial charge in [0.2, 0.25) is 0 Å². The van der Waals surface area contributed by atoms with Gasteiger partial charge in [-0.1, -0.05) is 0 Å². The molecular weight excluding hydrogens is 356 g/mol. The molecule has 5 rings (SSSR count). The van der Waals surface area contributed by atoms with E-state index in [9.17, 15) is 0 Å². The van der Waals surface area contributed by atoms with Crippen LogP contribution in [0.25, 0.3) is 33.2 Å². The van der Waals surface area contributed by atoms with Gasteiger partial charge in [-0.2, -0.15) is 0 Å². The summed E-state index contributed by atoms with van der Waals surface area (Å²) >= 11 is 0. The number of hydrogen-bond acceptors (Lipinski definition) is 3. The Hall–Kier alpha value is -3.48. The summed E-state index contributed by atoms with van der Waals surface area (Å²) in [7, 11) is 2.08. The number of aromatic amines is 1. The number of carbonyl (C=O) groups is 1. The second-order valence-corrected chi connectivity index (χ2v) is 6.97. The minimum atomic E-state index is -1.33. The number of pyridine rings is 1. The van der Waals surface area contributed by atoms with Crippen LogP contribution < -0.4 is 10.5 Å². The molecule has 1 saturated carbocycles. The Bertz CT molecular complexity index is 1100. The van der Waals surface area contributed by atoms with Crippen LogP contribution in [0, 0.1) is 0 Å². The van der Waals surface area contributed by atoms with Gasteiger partial charge in [0.15, 0.2) is 0 Å². The molecular formula is C21H22N4O3. The van der Waals surface area contributed by atoms with Crippen LogP contribution in [0.5, 0.6) is 5.75 Å². The van der Waals surface area contributed by atoms with Crippen molar-refractivity contribution in [1.82, 2.24) is 14.5 Å². The molecule has 0 unspecified atom stereocenters. The molecule has 3 aromatic heterocycles. The quantitative estimate of drug-likeness (QED) is 0.495. The van der Waals surface area contributed by atoms with Gasteiger partial charge in [0.05, 0.1) is 6.10 Å². The fraction of sp³-hybridized carbons (Fsp3) is 0.238. The highest BCUT2D eigenvalue weighted by Gasteiger charge is 2.20. The number of benzene rings is 1. The predicted molar refractivity (Wildman–Crippen MR) is 108 cm³/mol. The van der Waals surface area contributed by atoms with Gasteiger partial charge in [-0.05, 0) is 55.7 Å². The third kappa shape index (κ3) is 3.51. The number of hydrogen-bond donors (Lipinski definition) is 3. The molecule has 1 fully saturated rings. The third-order valence-electron chi connectivity index (χ3n) is 5.00. The zero-order chi connectivity index (χ0) is 19.7. The second-order valence-electron chi connectivity index (χ2n) is 6.97. The van der Waals surface area contributed by atoms with Crippen LogP contribution in [0.4, 0.5) is 4.79 Å². The molecule has 3 heterocycles. The van der Waals surface area contributed by atoms with Crippen molar-refractivity contribution in [2.75, 3.05) is 0 Å². The average molecular weight is 378 g/mol. The minimum Gasteiger partial charge on any atom is -0.490 e. The summed E-state index contributed by atoms with van der Waals surface area (Å²) in [5.74, 6) is 0.967. The first-order valence-electron chi connectivity index (χ1n) is 9.19. The normalized spacial score (nSPS) is 13.8. The first kappa shape index (κ1) is 17.9. The van der Waals surface area contributed by atoms with E-state index in [1.165, 1.54) is 35.7 Å². The molecule has 0 bridgehead atoms. The number of aromatic nitrogens is 3. The SMILES string of the molecule is Cn1cc(-c2cc3cccnc3[nH]2)c2cc(OC3CCC3)ccc21.NC(=O)O. The van der Waals surface area contributed by atoms with E-state index in [2.05, 4.69) is 63.8 Å². The van der Waals surface area contributed by atoms with Crippen molar-refractivity contribution < 1.29 is 14.6 Å². The van der Waals surface area contributed by atoms with E-state index in [1.807, 2.05) is 12.3 Å². The molecule has 4 aromatic rings. The Balaban J connectivity index is 0.000000442. The highest BCUT2D eigenvalue weighted by molar-refractivity contribution is 5.98. The molecule has 7 nitrogen and oxygen atoms in total. The maximum absolute atomic E-state index is 8.78. The standard InChI is InChI=1S/C20H19N3O.CH3NO2/c1-23-12-17(18-10-13-4-3-9-21-20(13)22-18)16-11-15(7-8-19(16)23)24-14-5-2-6-14;2-1(3)4/h3-4,7-12,14H,2,5-6H2,1H3,(H,21,22);2H2,(H,3,4). The van der Waals surface area contributed by atoms with Gasteiger partial charge in [-0.3, -0.25) is 0 Å². The van der Waals surface area contributed by atoms with Crippen molar-refractivity contribution in [3.63, 3.8) is 0 Å². The lowest BCUT2D eigenvalue weighted by molar-refractivity contribution is 0.120. The molecule has 0 aliphatic heterocycles. The Kier molecular flexibility index (Phi) is 4.65. The van der Waals surface area contributed by atoms with Gasteiger partial charge < -0.3 is 25.1 Å². The predicted octanol–water partition coefficient (Wildman–Crippen LogP) is 4.28. The molecule has 0 saturated heterocycles. The topological polar surface area (TPSA) is 106 Å². The van der Waals surface area contributed by atoms with Crippen molar-refractivity contribution in [1.29, 1.82) is 0 Å². The first-order valence-corrected chi connectivity index (χ1v) is 9.19. The number of nitrogens with two attached hydrogens (primary N) is 1. The number of rotatable bonds is 3. The number of H-pyrrole nitrogens is 1. The molecule has 0 radical (unpaired) electrons. The summed E-state index contributed by atoms with van der Waals surface area (Å²) in [6.45, 7) is 0. The number of aryl methyl sites for hydroxylation is 1. The summed E-state index contributed by atoms with van der Waals surface area (Å²) < 4.78 is 8.25. The molecule has 1 aliphatic carbocycles. The molecule has 0 spiro atoms. The molecule has 4 N–H and O–H groups in total. The molecule has 1 aromatic carbocycles. The van der Waals surface area contributed by atoms with E-state index < -0.39 is 6.09 Å². The Morgan fingerprint density at radius 1 is 1.32 bits per heavy atom. The molecule has 1 amide bonds. The minimum absolute atomic E-state index is 0.395. The van der Waals surface area contributed by atoms with Gasteiger partial charge in [0, 0.05) is 47.0 Å². The fourth-order valence-corrected chi connectivity index (χ4v) is 3.44. The lowest BCUT2D eigenvalue weighted by atomic mass is 9.96. The van der Waals surface area contributed by atoms with E-state index in [4.69, 9.17) is 14.6 Å². The van der Waals surface area contributed by atoms with Crippen molar-refractivity contribution >= 4 is 28.0 Å². The van der Waals surface area contributed by atoms with Crippen molar-refractivity contribution in [2.45, 2.75) is 25.4 Å². The number of amides is 1. The van der Waals surface area contributed by atoms with Crippen LogP contribution in [0.3, 0.4) is 0 Å². The zero-order valence-electron chi connectivity index (χ0n) is 15.6.